The summed E-state index contributed by atoms with van der Waals surface area (Å²) < 4.78 is 7.52. The Kier molecular flexibility index (Phi) is 3.25. The average Bonchev–Trinajstić information content (AvgIpc) is 3.01. The summed E-state index contributed by atoms with van der Waals surface area (Å²) in [6, 6.07) is 1.06. The van der Waals surface area contributed by atoms with Gasteiger partial charge in [0.25, 0.3) is 0 Å². The van der Waals surface area contributed by atoms with Crippen molar-refractivity contribution in [1.29, 1.82) is 0 Å². The number of ether oxygens (including phenoxy) is 1. The molecule has 4 rings (SSSR count). The molecule has 0 aromatic carbocycles. The molecule has 6 heteroatoms. The van der Waals surface area contributed by atoms with Crippen LogP contribution in [-0.2, 0) is 4.74 Å². The van der Waals surface area contributed by atoms with Crippen LogP contribution in [0.3, 0.4) is 0 Å². The Morgan fingerprint density at radius 1 is 1.24 bits per heavy atom. The van der Waals surface area contributed by atoms with E-state index >= 15 is 0 Å². The second-order valence-corrected chi connectivity index (χ2v) is 6.25. The average molecular weight is 287 g/mol. The van der Waals surface area contributed by atoms with Crippen molar-refractivity contribution >= 4 is 17.0 Å². The third kappa shape index (κ3) is 2.48. The Morgan fingerprint density at radius 2 is 2.14 bits per heavy atom. The fraction of sp³-hybridized carbons (Fsp3) is 0.667. The Balaban J connectivity index is 1.61. The summed E-state index contributed by atoms with van der Waals surface area (Å²) in [7, 11) is 1.78. The van der Waals surface area contributed by atoms with E-state index in [1.165, 1.54) is 25.7 Å². The molecule has 2 unspecified atom stereocenters. The molecule has 0 aliphatic heterocycles. The summed E-state index contributed by atoms with van der Waals surface area (Å²) in [4.78, 5) is 13.4. The number of hydrogen-bond donors (Lipinski definition) is 1. The molecule has 0 saturated heterocycles. The summed E-state index contributed by atoms with van der Waals surface area (Å²) in [5, 5.41) is 3.44. The maximum absolute atomic E-state index is 5.29. The van der Waals surface area contributed by atoms with Gasteiger partial charge in [-0.2, -0.15) is 0 Å². The normalized spacial score (nSPS) is 25.6. The van der Waals surface area contributed by atoms with Crippen LogP contribution >= 0.6 is 0 Å². The van der Waals surface area contributed by atoms with Gasteiger partial charge in [-0.15, -0.1) is 0 Å². The van der Waals surface area contributed by atoms with E-state index in [-0.39, 0.29) is 0 Å². The first kappa shape index (κ1) is 13.0. The quantitative estimate of drug-likeness (QED) is 0.914. The lowest BCUT2D eigenvalue weighted by molar-refractivity contribution is 0.153. The van der Waals surface area contributed by atoms with E-state index in [1.807, 2.05) is 6.33 Å². The van der Waals surface area contributed by atoms with E-state index in [0.29, 0.717) is 18.0 Å². The summed E-state index contributed by atoms with van der Waals surface area (Å²) in [6.07, 6.45) is 9.57. The van der Waals surface area contributed by atoms with Crippen LogP contribution in [-0.4, -0.2) is 39.3 Å². The molecule has 0 bridgehead atoms. The zero-order chi connectivity index (χ0) is 14.2. The lowest BCUT2D eigenvalue weighted by Gasteiger charge is -2.13. The third-order valence-electron chi connectivity index (χ3n) is 4.59. The Morgan fingerprint density at radius 3 is 2.95 bits per heavy atom. The van der Waals surface area contributed by atoms with Crippen molar-refractivity contribution in [2.45, 2.75) is 44.2 Å². The molecule has 1 N–H and O–H groups in total. The van der Waals surface area contributed by atoms with Crippen molar-refractivity contribution in [2.75, 3.05) is 19.0 Å². The highest BCUT2D eigenvalue weighted by atomic mass is 16.5. The number of aromatic nitrogens is 4. The van der Waals surface area contributed by atoms with Crippen LogP contribution in [0.2, 0.25) is 0 Å². The molecule has 2 aliphatic carbocycles. The number of hydrogen-bond acceptors (Lipinski definition) is 5. The first-order chi connectivity index (χ1) is 10.3. The number of nitrogens with zero attached hydrogens (tertiary/aromatic N) is 4. The van der Waals surface area contributed by atoms with E-state index in [1.54, 1.807) is 13.4 Å². The van der Waals surface area contributed by atoms with Crippen LogP contribution < -0.4 is 5.32 Å². The third-order valence-corrected chi connectivity index (χ3v) is 4.59. The SMILES string of the molecule is COCC1CCC(n2cnc3c(NC4CC4)ncnc32)C1. The van der Waals surface area contributed by atoms with Gasteiger partial charge in [0.15, 0.2) is 11.5 Å². The van der Waals surface area contributed by atoms with Gasteiger partial charge in [0.05, 0.1) is 6.33 Å². The highest BCUT2D eigenvalue weighted by Crippen LogP contribution is 2.36. The fourth-order valence-corrected chi connectivity index (χ4v) is 3.33. The topological polar surface area (TPSA) is 64.9 Å². The summed E-state index contributed by atoms with van der Waals surface area (Å²) >= 11 is 0. The molecule has 2 atom stereocenters. The molecule has 2 saturated carbocycles. The molecule has 2 fully saturated rings. The van der Waals surface area contributed by atoms with Crippen LogP contribution in [0.5, 0.6) is 0 Å². The van der Waals surface area contributed by atoms with Gasteiger partial charge in [0, 0.05) is 25.8 Å². The Hall–Kier alpha value is -1.69. The van der Waals surface area contributed by atoms with E-state index in [2.05, 4.69) is 24.8 Å². The molecular weight excluding hydrogens is 266 g/mol. The molecule has 112 valence electrons. The Labute approximate surface area is 123 Å². The summed E-state index contributed by atoms with van der Waals surface area (Å²) in [5.41, 5.74) is 1.86. The Bertz CT molecular complexity index is 636. The second kappa shape index (κ2) is 5.26. The van der Waals surface area contributed by atoms with Gasteiger partial charge in [0.2, 0.25) is 0 Å². The van der Waals surface area contributed by atoms with Crippen LogP contribution in [0.1, 0.15) is 38.1 Å². The van der Waals surface area contributed by atoms with Crippen LogP contribution in [0.25, 0.3) is 11.2 Å². The predicted octanol–water partition coefficient (Wildman–Crippen LogP) is 2.39. The van der Waals surface area contributed by atoms with Crippen molar-refractivity contribution < 1.29 is 4.74 Å². The maximum atomic E-state index is 5.29. The van der Waals surface area contributed by atoms with Gasteiger partial charge in [0.1, 0.15) is 11.8 Å². The van der Waals surface area contributed by atoms with Crippen molar-refractivity contribution in [2.24, 2.45) is 5.92 Å². The van der Waals surface area contributed by atoms with Crippen molar-refractivity contribution in [3.8, 4) is 0 Å². The van der Waals surface area contributed by atoms with E-state index in [0.717, 1.165) is 30.0 Å². The van der Waals surface area contributed by atoms with Gasteiger partial charge >= 0.3 is 0 Å². The first-order valence-electron chi connectivity index (χ1n) is 7.78. The minimum absolute atomic E-state index is 0.485. The highest BCUT2D eigenvalue weighted by Gasteiger charge is 2.28. The standard InChI is InChI=1S/C15H21N5O/c1-21-7-10-2-5-12(6-10)20-9-18-13-14(19-11-3-4-11)16-8-17-15(13)20/h8-12H,2-7H2,1H3,(H,16,17,19). The minimum atomic E-state index is 0.485. The van der Waals surface area contributed by atoms with Gasteiger partial charge in [-0.3, -0.25) is 0 Å². The zero-order valence-electron chi connectivity index (χ0n) is 12.3. The lowest BCUT2D eigenvalue weighted by Crippen LogP contribution is -2.08. The lowest BCUT2D eigenvalue weighted by atomic mass is 10.1. The maximum Gasteiger partial charge on any atom is 0.165 e. The number of anilines is 1. The van der Waals surface area contributed by atoms with E-state index in [4.69, 9.17) is 4.74 Å². The highest BCUT2D eigenvalue weighted by molar-refractivity contribution is 5.83. The molecule has 0 spiro atoms. The zero-order valence-corrected chi connectivity index (χ0v) is 12.3. The van der Waals surface area contributed by atoms with Crippen LogP contribution in [0, 0.1) is 5.92 Å². The molecule has 6 nitrogen and oxygen atoms in total. The molecule has 0 radical (unpaired) electrons. The number of rotatable bonds is 5. The first-order valence-corrected chi connectivity index (χ1v) is 7.78. The molecule has 0 amide bonds. The van der Waals surface area contributed by atoms with Crippen LogP contribution in [0.15, 0.2) is 12.7 Å². The van der Waals surface area contributed by atoms with Gasteiger partial charge in [-0.1, -0.05) is 0 Å². The summed E-state index contributed by atoms with van der Waals surface area (Å²) in [6.45, 7) is 0.854. The molecule has 2 heterocycles. The molecule has 2 aliphatic rings. The van der Waals surface area contributed by atoms with Gasteiger partial charge in [-0.25, -0.2) is 15.0 Å². The number of nitrogens with one attached hydrogen (secondary N) is 1. The van der Waals surface area contributed by atoms with Gasteiger partial charge < -0.3 is 14.6 Å². The van der Waals surface area contributed by atoms with Crippen LogP contribution in [0.4, 0.5) is 5.82 Å². The van der Waals surface area contributed by atoms with Gasteiger partial charge in [-0.05, 0) is 38.0 Å². The summed E-state index contributed by atoms with van der Waals surface area (Å²) in [5.74, 6) is 1.54. The van der Waals surface area contributed by atoms with Crippen molar-refractivity contribution in [3.63, 3.8) is 0 Å². The molecule has 21 heavy (non-hydrogen) atoms. The van der Waals surface area contributed by atoms with Crippen molar-refractivity contribution in [1.82, 2.24) is 19.5 Å². The smallest absolute Gasteiger partial charge is 0.165 e. The molecular formula is C15H21N5O. The largest absolute Gasteiger partial charge is 0.384 e. The molecule has 2 aromatic rings. The minimum Gasteiger partial charge on any atom is -0.384 e. The fourth-order valence-electron chi connectivity index (χ4n) is 3.33. The van der Waals surface area contributed by atoms with Crippen molar-refractivity contribution in [3.05, 3.63) is 12.7 Å². The molecule has 2 aromatic heterocycles. The number of fused-ring (bicyclic) bond motifs is 1. The van der Waals surface area contributed by atoms with E-state index < -0.39 is 0 Å². The number of methoxy groups -OCH3 is 1. The van der Waals surface area contributed by atoms with E-state index in [9.17, 15) is 0 Å². The predicted molar refractivity (Wildman–Crippen MR) is 80.2 cm³/mol. The second-order valence-electron chi connectivity index (χ2n) is 6.25. The number of imidazole rings is 1. The monoisotopic (exact) mass is 287 g/mol.